The number of hydrogen-bond acceptors (Lipinski definition) is 2. The third-order valence-corrected chi connectivity index (χ3v) is 2.24. The van der Waals surface area contributed by atoms with Gasteiger partial charge >= 0.3 is 0 Å². The topological polar surface area (TPSA) is 41.5 Å². The van der Waals surface area contributed by atoms with Crippen LogP contribution in [0.4, 0.5) is 0 Å². The van der Waals surface area contributed by atoms with Crippen molar-refractivity contribution in [3.8, 4) is 0 Å². The van der Waals surface area contributed by atoms with E-state index < -0.39 is 0 Å². The van der Waals surface area contributed by atoms with Crippen LogP contribution in [0.5, 0.6) is 0 Å². The van der Waals surface area contributed by atoms with E-state index in [-0.39, 0.29) is 5.91 Å². The third-order valence-electron chi connectivity index (χ3n) is 2.24. The average molecular weight is 218 g/mol. The molecule has 3 heteroatoms. The Morgan fingerprint density at radius 3 is 2.69 bits per heavy atom. The summed E-state index contributed by atoms with van der Waals surface area (Å²) >= 11 is 0. The Kier molecular flexibility index (Phi) is 5.26. The van der Waals surface area contributed by atoms with E-state index >= 15 is 0 Å². The summed E-state index contributed by atoms with van der Waals surface area (Å²) in [5, 5.41) is 3.90. The summed E-state index contributed by atoms with van der Waals surface area (Å²) in [6.07, 6.45) is 4.13. The van der Waals surface area contributed by atoms with Gasteiger partial charge in [0.2, 0.25) is 5.91 Å². The van der Waals surface area contributed by atoms with Gasteiger partial charge in [0, 0.05) is 6.42 Å². The van der Waals surface area contributed by atoms with Crippen LogP contribution in [0.3, 0.4) is 0 Å². The van der Waals surface area contributed by atoms with E-state index in [0.717, 1.165) is 18.4 Å². The van der Waals surface area contributed by atoms with Crippen molar-refractivity contribution in [2.75, 3.05) is 0 Å². The second kappa shape index (κ2) is 6.77. The van der Waals surface area contributed by atoms with Crippen molar-refractivity contribution in [3.05, 3.63) is 35.4 Å². The number of aryl methyl sites for hydroxylation is 1. The van der Waals surface area contributed by atoms with Crippen molar-refractivity contribution in [2.45, 2.75) is 33.1 Å². The SMILES string of the molecule is CCCCC(=O)NN=Cc1ccc(C)cc1. The molecule has 0 heterocycles. The number of amides is 1. The van der Waals surface area contributed by atoms with Crippen molar-refractivity contribution in [3.63, 3.8) is 0 Å². The maximum absolute atomic E-state index is 11.2. The predicted octanol–water partition coefficient (Wildman–Crippen LogP) is 2.64. The van der Waals surface area contributed by atoms with Crippen molar-refractivity contribution < 1.29 is 4.79 Å². The summed E-state index contributed by atoms with van der Waals surface area (Å²) in [7, 11) is 0. The number of carbonyl (C=O) groups excluding carboxylic acids is 1. The summed E-state index contributed by atoms with van der Waals surface area (Å²) in [5.41, 5.74) is 4.71. The van der Waals surface area contributed by atoms with Crippen LogP contribution in [-0.2, 0) is 4.79 Å². The molecular formula is C13H18N2O. The Morgan fingerprint density at radius 2 is 2.06 bits per heavy atom. The Labute approximate surface area is 96.6 Å². The highest BCUT2D eigenvalue weighted by Gasteiger charge is 1.96. The molecule has 0 fully saturated rings. The van der Waals surface area contributed by atoms with Crippen LogP contribution in [0.2, 0.25) is 0 Å². The zero-order valence-electron chi connectivity index (χ0n) is 9.86. The summed E-state index contributed by atoms with van der Waals surface area (Å²) in [6.45, 7) is 4.09. The monoisotopic (exact) mass is 218 g/mol. The van der Waals surface area contributed by atoms with E-state index in [0.29, 0.717) is 6.42 Å². The van der Waals surface area contributed by atoms with Crippen LogP contribution in [-0.4, -0.2) is 12.1 Å². The zero-order chi connectivity index (χ0) is 11.8. The third kappa shape index (κ3) is 4.73. The molecule has 1 aromatic carbocycles. The lowest BCUT2D eigenvalue weighted by molar-refractivity contribution is -0.121. The van der Waals surface area contributed by atoms with E-state index in [1.807, 2.05) is 31.2 Å². The molecule has 16 heavy (non-hydrogen) atoms. The Bertz CT molecular complexity index is 355. The van der Waals surface area contributed by atoms with Crippen LogP contribution >= 0.6 is 0 Å². The Morgan fingerprint density at radius 1 is 1.38 bits per heavy atom. The first-order valence-corrected chi connectivity index (χ1v) is 5.61. The molecule has 0 aromatic heterocycles. The van der Waals surface area contributed by atoms with Gasteiger partial charge < -0.3 is 0 Å². The van der Waals surface area contributed by atoms with Crippen LogP contribution < -0.4 is 5.43 Å². The summed E-state index contributed by atoms with van der Waals surface area (Å²) in [4.78, 5) is 11.2. The molecule has 0 aliphatic rings. The Balaban J connectivity index is 2.37. The van der Waals surface area contributed by atoms with Crippen molar-refractivity contribution in [1.82, 2.24) is 5.43 Å². The number of hydrogen-bond donors (Lipinski definition) is 1. The molecule has 0 saturated heterocycles. The summed E-state index contributed by atoms with van der Waals surface area (Å²) in [5.74, 6) is -0.0230. The van der Waals surface area contributed by atoms with E-state index in [1.165, 1.54) is 5.56 Å². The van der Waals surface area contributed by atoms with Gasteiger partial charge in [0.25, 0.3) is 0 Å². The molecule has 0 unspecified atom stereocenters. The molecule has 0 aliphatic carbocycles. The minimum absolute atomic E-state index is 0.0230. The standard InChI is InChI=1S/C13H18N2O/c1-3-4-5-13(16)15-14-10-12-8-6-11(2)7-9-12/h6-10H,3-5H2,1-2H3,(H,15,16). The lowest BCUT2D eigenvalue weighted by atomic mass is 10.2. The molecule has 0 saturated carbocycles. The largest absolute Gasteiger partial charge is 0.273 e. The molecule has 86 valence electrons. The van der Waals surface area contributed by atoms with Gasteiger partial charge in [0.15, 0.2) is 0 Å². The van der Waals surface area contributed by atoms with Crippen LogP contribution in [0.15, 0.2) is 29.4 Å². The number of benzene rings is 1. The number of rotatable bonds is 5. The van der Waals surface area contributed by atoms with Gasteiger partial charge in [-0.05, 0) is 18.9 Å². The average Bonchev–Trinajstić information content (AvgIpc) is 2.29. The minimum Gasteiger partial charge on any atom is -0.273 e. The molecule has 0 atom stereocenters. The van der Waals surface area contributed by atoms with E-state index in [9.17, 15) is 4.79 Å². The van der Waals surface area contributed by atoms with Gasteiger partial charge in [-0.25, -0.2) is 5.43 Å². The van der Waals surface area contributed by atoms with Crippen LogP contribution in [0.1, 0.15) is 37.3 Å². The summed E-state index contributed by atoms with van der Waals surface area (Å²) < 4.78 is 0. The molecule has 1 aromatic rings. The lowest BCUT2D eigenvalue weighted by Crippen LogP contribution is -2.16. The first-order chi connectivity index (χ1) is 7.72. The van der Waals surface area contributed by atoms with E-state index in [1.54, 1.807) is 6.21 Å². The number of unbranched alkanes of at least 4 members (excludes halogenated alkanes) is 1. The molecular weight excluding hydrogens is 200 g/mol. The fraction of sp³-hybridized carbons (Fsp3) is 0.385. The molecule has 0 aliphatic heterocycles. The second-order valence-corrected chi connectivity index (χ2v) is 3.81. The van der Waals surface area contributed by atoms with Crippen molar-refractivity contribution >= 4 is 12.1 Å². The van der Waals surface area contributed by atoms with Crippen LogP contribution in [0.25, 0.3) is 0 Å². The number of hydrazone groups is 1. The highest BCUT2D eigenvalue weighted by Crippen LogP contribution is 2.00. The first kappa shape index (κ1) is 12.4. The highest BCUT2D eigenvalue weighted by molar-refractivity contribution is 5.82. The normalized spacial score (nSPS) is 10.6. The molecule has 0 spiro atoms. The molecule has 0 bridgehead atoms. The minimum atomic E-state index is -0.0230. The van der Waals surface area contributed by atoms with Gasteiger partial charge in [0.05, 0.1) is 6.21 Å². The maximum atomic E-state index is 11.2. The smallest absolute Gasteiger partial charge is 0.240 e. The fourth-order valence-corrected chi connectivity index (χ4v) is 1.22. The van der Waals surface area contributed by atoms with Gasteiger partial charge in [-0.3, -0.25) is 4.79 Å². The van der Waals surface area contributed by atoms with Crippen molar-refractivity contribution in [2.24, 2.45) is 5.10 Å². The molecule has 1 N–H and O–H groups in total. The van der Waals surface area contributed by atoms with Gasteiger partial charge in [0.1, 0.15) is 0 Å². The number of carbonyl (C=O) groups is 1. The van der Waals surface area contributed by atoms with Gasteiger partial charge in [-0.15, -0.1) is 0 Å². The molecule has 1 amide bonds. The molecule has 3 nitrogen and oxygen atoms in total. The second-order valence-electron chi connectivity index (χ2n) is 3.81. The summed E-state index contributed by atoms with van der Waals surface area (Å²) in [6, 6.07) is 7.97. The quantitative estimate of drug-likeness (QED) is 0.599. The van der Waals surface area contributed by atoms with Gasteiger partial charge in [-0.1, -0.05) is 43.2 Å². The van der Waals surface area contributed by atoms with Crippen LogP contribution in [0, 0.1) is 6.92 Å². The van der Waals surface area contributed by atoms with Gasteiger partial charge in [-0.2, -0.15) is 5.10 Å². The highest BCUT2D eigenvalue weighted by atomic mass is 16.2. The predicted molar refractivity (Wildman–Crippen MR) is 66.4 cm³/mol. The van der Waals surface area contributed by atoms with E-state index in [2.05, 4.69) is 17.5 Å². The fourth-order valence-electron chi connectivity index (χ4n) is 1.22. The Hall–Kier alpha value is -1.64. The lowest BCUT2D eigenvalue weighted by Gasteiger charge is -1.98. The number of nitrogens with zero attached hydrogens (tertiary/aromatic N) is 1. The maximum Gasteiger partial charge on any atom is 0.240 e. The number of nitrogens with one attached hydrogen (secondary N) is 1. The van der Waals surface area contributed by atoms with Crippen molar-refractivity contribution in [1.29, 1.82) is 0 Å². The first-order valence-electron chi connectivity index (χ1n) is 5.61. The van der Waals surface area contributed by atoms with E-state index in [4.69, 9.17) is 0 Å². The zero-order valence-corrected chi connectivity index (χ0v) is 9.86. The molecule has 0 radical (unpaired) electrons. The molecule has 1 rings (SSSR count).